The number of aromatic nitrogens is 1. The first kappa shape index (κ1) is 10.8. The Morgan fingerprint density at radius 1 is 1.29 bits per heavy atom. The summed E-state index contributed by atoms with van der Waals surface area (Å²) in [4.78, 5) is 0. The molecule has 0 radical (unpaired) electrons. The molecule has 1 aliphatic heterocycles. The van der Waals surface area contributed by atoms with Gasteiger partial charge in [0.2, 0.25) is 0 Å². The smallest absolute Gasteiger partial charge is 0.0483 e. The summed E-state index contributed by atoms with van der Waals surface area (Å²) < 4.78 is 2.32. The average Bonchev–Trinajstić information content (AvgIpc) is 2.84. The molecule has 1 saturated heterocycles. The lowest BCUT2D eigenvalue weighted by Gasteiger charge is -2.16. The fourth-order valence-electron chi connectivity index (χ4n) is 3.16. The summed E-state index contributed by atoms with van der Waals surface area (Å²) in [5.41, 5.74) is 4.26. The Morgan fingerprint density at radius 2 is 2.06 bits per heavy atom. The van der Waals surface area contributed by atoms with Crippen LogP contribution in [0.15, 0.2) is 24.3 Å². The summed E-state index contributed by atoms with van der Waals surface area (Å²) in [7, 11) is 2.17. The van der Waals surface area contributed by atoms with E-state index >= 15 is 0 Å². The first-order valence-electron chi connectivity index (χ1n) is 6.47. The van der Waals surface area contributed by atoms with E-state index in [0.29, 0.717) is 6.04 Å². The average molecular weight is 228 g/mol. The van der Waals surface area contributed by atoms with Gasteiger partial charge in [-0.15, -0.1) is 0 Å². The maximum atomic E-state index is 3.66. The lowest BCUT2D eigenvalue weighted by Crippen LogP contribution is -2.17. The summed E-state index contributed by atoms with van der Waals surface area (Å²) in [6, 6.07) is 9.26. The number of benzene rings is 1. The highest BCUT2D eigenvalue weighted by Crippen LogP contribution is 2.36. The third kappa shape index (κ3) is 1.51. The number of hydrogen-bond donors (Lipinski definition) is 1. The molecule has 2 heteroatoms. The second-order valence-electron chi connectivity index (χ2n) is 5.27. The summed E-state index contributed by atoms with van der Waals surface area (Å²) in [5, 5.41) is 5.07. The monoisotopic (exact) mass is 228 g/mol. The topological polar surface area (TPSA) is 17.0 Å². The van der Waals surface area contributed by atoms with E-state index in [0.717, 1.165) is 12.5 Å². The molecule has 3 rings (SSSR count). The van der Waals surface area contributed by atoms with Crippen molar-refractivity contribution in [3.63, 3.8) is 0 Å². The van der Waals surface area contributed by atoms with Gasteiger partial charge in [0, 0.05) is 29.7 Å². The van der Waals surface area contributed by atoms with Crippen LogP contribution < -0.4 is 5.32 Å². The van der Waals surface area contributed by atoms with Crippen molar-refractivity contribution in [1.29, 1.82) is 0 Å². The molecule has 0 amide bonds. The number of para-hydroxylation sites is 1. The SMILES string of the molecule is Cc1c([C@H]2NCC[C@@H]2C)c2ccccc2n1C. The molecule has 2 nitrogen and oxygen atoms in total. The van der Waals surface area contributed by atoms with E-state index in [2.05, 4.69) is 55.0 Å². The van der Waals surface area contributed by atoms with Crippen molar-refractivity contribution in [2.45, 2.75) is 26.3 Å². The van der Waals surface area contributed by atoms with Crippen LogP contribution in [0.5, 0.6) is 0 Å². The van der Waals surface area contributed by atoms with Crippen molar-refractivity contribution in [2.24, 2.45) is 13.0 Å². The molecule has 2 atom stereocenters. The summed E-state index contributed by atoms with van der Waals surface area (Å²) in [5.74, 6) is 0.736. The fourth-order valence-corrected chi connectivity index (χ4v) is 3.16. The number of aryl methyl sites for hydroxylation is 1. The van der Waals surface area contributed by atoms with Crippen LogP contribution in [0.1, 0.15) is 30.6 Å². The third-order valence-electron chi connectivity index (χ3n) is 4.29. The van der Waals surface area contributed by atoms with Gasteiger partial charge in [0.25, 0.3) is 0 Å². The molecule has 0 bridgehead atoms. The van der Waals surface area contributed by atoms with Crippen molar-refractivity contribution in [2.75, 3.05) is 6.54 Å². The molecule has 0 spiro atoms. The highest BCUT2D eigenvalue weighted by Gasteiger charge is 2.28. The molecule has 1 aliphatic rings. The lowest BCUT2D eigenvalue weighted by atomic mass is 9.94. The molecule has 0 saturated carbocycles. The van der Waals surface area contributed by atoms with Crippen molar-refractivity contribution in [3.8, 4) is 0 Å². The van der Waals surface area contributed by atoms with Crippen LogP contribution in [-0.4, -0.2) is 11.1 Å². The standard InChI is InChI=1S/C15H20N2/c1-10-8-9-16-15(10)14-11(2)17(3)13-7-5-4-6-12(13)14/h4-7,10,15-16H,8-9H2,1-3H3/t10-,15-/m0/s1. The van der Waals surface area contributed by atoms with Crippen LogP contribution in [0, 0.1) is 12.8 Å². The number of fused-ring (bicyclic) bond motifs is 1. The first-order valence-corrected chi connectivity index (χ1v) is 6.47. The maximum absolute atomic E-state index is 3.66. The van der Waals surface area contributed by atoms with Crippen molar-refractivity contribution >= 4 is 10.9 Å². The zero-order valence-corrected chi connectivity index (χ0v) is 10.8. The van der Waals surface area contributed by atoms with E-state index in [9.17, 15) is 0 Å². The number of nitrogens with one attached hydrogen (secondary N) is 1. The quantitative estimate of drug-likeness (QED) is 0.793. The molecular weight excluding hydrogens is 208 g/mol. The zero-order chi connectivity index (χ0) is 12.0. The van der Waals surface area contributed by atoms with E-state index in [1.807, 2.05) is 0 Å². The molecule has 0 aliphatic carbocycles. The molecule has 0 unspecified atom stereocenters. The Morgan fingerprint density at radius 3 is 2.76 bits per heavy atom. The Labute approximate surface area is 103 Å². The Bertz CT molecular complexity index is 553. The molecule has 1 fully saturated rings. The van der Waals surface area contributed by atoms with Gasteiger partial charge in [0.1, 0.15) is 0 Å². The predicted octanol–water partition coefficient (Wildman–Crippen LogP) is 3.16. The van der Waals surface area contributed by atoms with Crippen LogP contribution in [0.2, 0.25) is 0 Å². The zero-order valence-electron chi connectivity index (χ0n) is 10.8. The first-order chi connectivity index (χ1) is 8.20. The minimum atomic E-state index is 0.529. The Hall–Kier alpha value is -1.28. The van der Waals surface area contributed by atoms with Crippen LogP contribution in [0.4, 0.5) is 0 Å². The molecule has 1 N–H and O–H groups in total. The van der Waals surface area contributed by atoms with Gasteiger partial charge in [-0.05, 0) is 37.4 Å². The van der Waals surface area contributed by atoms with Crippen molar-refractivity contribution in [1.82, 2.24) is 9.88 Å². The number of nitrogens with zero attached hydrogens (tertiary/aromatic N) is 1. The molecule has 1 aromatic heterocycles. The molecule has 17 heavy (non-hydrogen) atoms. The predicted molar refractivity (Wildman–Crippen MR) is 72.2 cm³/mol. The van der Waals surface area contributed by atoms with Gasteiger partial charge in [-0.1, -0.05) is 25.1 Å². The number of rotatable bonds is 1. The van der Waals surface area contributed by atoms with Crippen LogP contribution >= 0.6 is 0 Å². The molecule has 1 aromatic carbocycles. The maximum Gasteiger partial charge on any atom is 0.0483 e. The van der Waals surface area contributed by atoms with E-state index in [-0.39, 0.29) is 0 Å². The second-order valence-corrected chi connectivity index (χ2v) is 5.27. The molecular formula is C15H20N2. The largest absolute Gasteiger partial charge is 0.348 e. The normalized spacial score (nSPS) is 24.6. The molecule has 2 aromatic rings. The second kappa shape index (κ2) is 3.88. The van der Waals surface area contributed by atoms with Crippen LogP contribution in [-0.2, 0) is 7.05 Å². The summed E-state index contributed by atoms with van der Waals surface area (Å²) >= 11 is 0. The highest BCUT2D eigenvalue weighted by atomic mass is 15.0. The Kier molecular flexibility index (Phi) is 2.48. The van der Waals surface area contributed by atoms with Gasteiger partial charge >= 0.3 is 0 Å². The Balaban J connectivity index is 2.25. The van der Waals surface area contributed by atoms with E-state index < -0.39 is 0 Å². The summed E-state index contributed by atoms with van der Waals surface area (Å²) in [6.07, 6.45) is 1.29. The minimum absolute atomic E-state index is 0.529. The van der Waals surface area contributed by atoms with E-state index in [1.54, 1.807) is 0 Å². The van der Waals surface area contributed by atoms with Gasteiger partial charge in [-0.2, -0.15) is 0 Å². The highest BCUT2D eigenvalue weighted by molar-refractivity contribution is 5.86. The van der Waals surface area contributed by atoms with Gasteiger partial charge in [0.05, 0.1) is 0 Å². The van der Waals surface area contributed by atoms with Gasteiger partial charge in [-0.25, -0.2) is 0 Å². The van der Waals surface area contributed by atoms with E-state index in [1.165, 1.54) is 28.6 Å². The van der Waals surface area contributed by atoms with E-state index in [4.69, 9.17) is 0 Å². The van der Waals surface area contributed by atoms with Crippen LogP contribution in [0.3, 0.4) is 0 Å². The number of hydrogen-bond acceptors (Lipinski definition) is 1. The van der Waals surface area contributed by atoms with Gasteiger partial charge < -0.3 is 9.88 Å². The minimum Gasteiger partial charge on any atom is -0.348 e. The molecule has 90 valence electrons. The molecule has 2 heterocycles. The summed E-state index contributed by atoms with van der Waals surface area (Å²) in [6.45, 7) is 5.74. The third-order valence-corrected chi connectivity index (χ3v) is 4.29. The van der Waals surface area contributed by atoms with Gasteiger partial charge in [-0.3, -0.25) is 0 Å². The lowest BCUT2D eigenvalue weighted by molar-refractivity contribution is 0.503. The van der Waals surface area contributed by atoms with Gasteiger partial charge in [0.15, 0.2) is 0 Å². The fraction of sp³-hybridized carbons (Fsp3) is 0.467. The van der Waals surface area contributed by atoms with Crippen LogP contribution in [0.25, 0.3) is 10.9 Å². The van der Waals surface area contributed by atoms with Crippen molar-refractivity contribution < 1.29 is 0 Å². The van der Waals surface area contributed by atoms with Crippen molar-refractivity contribution in [3.05, 3.63) is 35.5 Å².